The number of carbonyl (C=O) groups is 2. The number of nitrogens with zero attached hydrogens (tertiary/aromatic N) is 2. The molecule has 0 spiro atoms. The van der Waals surface area contributed by atoms with Crippen molar-refractivity contribution in [3.8, 4) is 0 Å². The third-order valence-electron chi connectivity index (χ3n) is 5.14. The molecule has 182 valence electrons. The summed E-state index contributed by atoms with van der Waals surface area (Å²) in [6.07, 6.45) is 1.38. The summed E-state index contributed by atoms with van der Waals surface area (Å²) in [6, 6.07) is 17.6. The Bertz CT molecular complexity index is 1350. The van der Waals surface area contributed by atoms with Crippen LogP contribution < -0.4 is 9.73 Å². The van der Waals surface area contributed by atoms with Gasteiger partial charge in [-0.1, -0.05) is 47.5 Å². The number of aryl methyl sites for hydroxylation is 1. The van der Waals surface area contributed by atoms with Crippen LogP contribution in [0.25, 0.3) is 0 Å². The van der Waals surface area contributed by atoms with E-state index in [9.17, 15) is 18.0 Å². The van der Waals surface area contributed by atoms with E-state index in [4.69, 9.17) is 11.6 Å². The van der Waals surface area contributed by atoms with Crippen LogP contribution in [-0.4, -0.2) is 40.2 Å². The molecule has 0 unspecified atom stereocenters. The van der Waals surface area contributed by atoms with Crippen LogP contribution in [0.3, 0.4) is 0 Å². The van der Waals surface area contributed by atoms with Crippen LogP contribution >= 0.6 is 11.6 Å². The van der Waals surface area contributed by atoms with Gasteiger partial charge in [-0.15, -0.1) is 0 Å². The fourth-order valence-electron chi connectivity index (χ4n) is 3.17. The lowest BCUT2D eigenvalue weighted by Gasteiger charge is -2.25. The fourth-order valence-corrected chi connectivity index (χ4v) is 4.82. The summed E-state index contributed by atoms with van der Waals surface area (Å²) in [5, 5.41) is 4.28. The highest BCUT2D eigenvalue weighted by atomic mass is 35.5. The summed E-state index contributed by atoms with van der Waals surface area (Å²) in [5.41, 5.74) is 5.05. The molecular weight excluding hydrogens is 490 g/mol. The number of ether oxygens (including phenoxy) is 1. The summed E-state index contributed by atoms with van der Waals surface area (Å²) in [7, 11) is -2.79. The van der Waals surface area contributed by atoms with Crippen molar-refractivity contribution in [3.63, 3.8) is 0 Å². The number of sulfonamides is 1. The van der Waals surface area contributed by atoms with Crippen molar-refractivity contribution >= 4 is 45.4 Å². The monoisotopic (exact) mass is 513 g/mol. The lowest BCUT2D eigenvalue weighted by atomic mass is 10.1. The number of carbonyl (C=O) groups excluding carboxylic acids is 2. The SMILES string of the molecule is COC(=O)c1ccc(/C=N\NC(=O)CN(c2cccc(Cl)c2C)S(=O)(=O)c2ccc(C)cc2)cc1. The van der Waals surface area contributed by atoms with Gasteiger partial charge in [0.05, 0.1) is 29.5 Å². The molecule has 0 aliphatic carbocycles. The van der Waals surface area contributed by atoms with E-state index in [0.29, 0.717) is 21.7 Å². The average molecular weight is 514 g/mol. The number of amides is 1. The third-order valence-corrected chi connectivity index (χ3v) is 7.32. The van der Waals surface area contributed by atoms with Crippen LogP contribution in [0.5, 0.6) is 0 Å². The zero-order valence-electron chi connectivity index (χ0n) is 19.4. The van der Waals surface area contributed by atoms with E-state index in [2.05, 4.69) is 15.3 Å². The van der Waals surface area contributed by atoms with Crippen LogP contribution in [0, 0.1) is 13.8 Å². The first-order valence-electron chi connectivity index (χ1n) is 10.5. The summed E-state index contributed by atoms with van der Waals surface area (Å²) < 4.78 is 32.6. The molecule has 0 aliphatic rings. The Labute approximate surface area is 209 Å². The molecule has 1 N–H and O–H groups in total. The van der Waals surface area contributed by atoms with Crippen molar-refractivity contribution in [1.82, 2.24) is 5.43 Å². The first kappa shape index (κ1) is 25.9. The van der Waals surface area contributed by atoms with Crippen molar-refractivity contribution in [3.05, 3.63) is 94.0 Å². The Morgan fingerprint density at radius 2 is 1.69 bits per heavy atom. The van der Waals surface area contributed by atoms with E-state index in [1.54, 1.807) is 61.5 Å². The molecule has 3 aromatic rings. The fraction of sp³-hybridized carbons (Fsp3) is 0.160. The number of halogens is 1. The Kier molecular flexibility index (Phi) is 8.26. The van der Waals surface area contributed by atoms with E-state index in [1.165, 1.54) is 25.5 Å². The molecule has 0 aliphatic heterocycles. The molecule has 8 nitrogen and oxygen atoms in total. The second-order valence-electron chi connectivity index (χ2n) is 7.62. The maximum absolute atomic E-state index is 13.5. The van der Waals surface area contributed by atoms with Crippen LogP contribution in [0.15, 0.2) is 76.7 Å². The number of methoxy groups -OCH3 is 1. The Morgan fingerprint density at radius 3 is 2.31 bits per heavy atom. The average Bonchev–Trinajstić information content (AvgIpc) is 2.84. The molecule has 0 fully saturated rings. The van der Waals surface area contributed by atoms with Gasteiger partial charge in [0.15, 0.2) is 0 Å². The molecule has 35 heavy (non-hydrogen) atoms. The number of esters is 1. The molecule has 0 heterocycles. The van der Waals surface area contributed by atoms with E-state index in [-0.39, 0.29) is 10.6 Å². The van der Waals surface area contributed by atoms with Gasteiger partial charge in [-0.25, -0.2) is 18.6 Å². The van der Waals surface area contributed by atoms with Crippen molar-refractivity contribution < 1.29 is 22.7 Å². The van der Waals surface area contributed by atoms with Crippen molar-refractivity contribution in [1.29, 1.82) is 0 Å². The molecule has 1 amide bonds. The molecule has 0 saturated carbocycles. The highest BCUT2D eigenvalue weighted by Gasteiger charge is 2.28. The molecule has 3 aromatic carbocycles. The van der Waals surface area contributed by atoms with Gasteiger partial charge in [0.2, 0.25) is 0 Å². The molecule has 0 aromatic heterocycles. The zero-order valence-corrected chi connectivity index (χ0v) is 20.9. The second kappa shape index (κ2) is 11.2. The quantitative estimate of drug-likeness (QED) is 0.277. The Hall–Kier alpha value is -3.69. The van der Waals surface area contributed by atoms with Crippen LogP contribution in [-0.2, 0) is 19.6 Å². The Morgan fingerprint density at radius 1 is 1.03 bits per heavy atom. The first-order chi connectivity index (χ1) is 16.6. The molecule has 0 atom stereocenters. The number of rotatable bonds is 8. The van der Waals surface area contributed by atoms with E-state index < -0.39 is 28.4 Å². The topological polar surface area (TPSA) is 105 Å². The normalized spacial score (nSPS) is 11.3. The predicted molar refractivity (Wildman–Crippen MR) is 135 cm³/mol. The van der Waals surface area contributed by atoms with E-state index in [1.807, 2.05) is 6.92 Å². The van der Waals surface area contributed by atoms with Crippen LogP contribution in [0.2, 0.25) is 5.02 Å². The van der Waals surface area contributed by atoms with Gasteiger partial charge in [-0.3, -0.25) is 9.10 Å². The number of nitrogens with one attached hydrogen (secondary N) is 1. The molecule has 0 saturated heterocycles. The maximum atomic E-state index is 13.5. The standard InChI is InChI=1S/C25H24ClN3O5S/c1-17-7-13-21(14-8-17)35(32,33)29(23-6-4-5-22(26)18(23)2)16-24(30)28-27-15-19-9-11-20(12-10-19)25(31)34-3/h4-15H,16H2,1-3H3,(H,28,30)/b27-15-. The molecule has 0 bridgehead atoms. The van der Waals surface area contributed by atoms with Gasteiger partial charge in [-0.05, 0) is 61.4 Å². The highest BCUT2D eigenvalue weighted by Crippen LogP contribution is 2.30. The van der Waals surface area contributed by atoms with Gasteiger partial charge < -0.3 is 4.74 Å². The minimum absolute atomic E-state index is 0.0458. The third kappa shape index (κ3) is 6.26. The number of anilines is 1. The van der Waals surface area contributed by atoms with Crippen LogP contribution in [0.4, 0.5) is 5.69 Å². The van der Waals surface area contributed by atoms with E-state index >= 15 is 0 Å². The number of benzene rings is 3. The minimum Gasteiger partial charge on any atom is -0.465 e. The zero-order chi connectivity index (χ0) is 25.6. The van der Waals surface area contributed by atoms with Crippen molar-refractivity contribution in [2.24, 2.45) is 5.10 Å². The summed E-state index contributed by atoms with van der Waals surface area (Å²) in [6.45, 7) is 3.02. The molecule has 10 heteroatoms. The number of hydrogen-bond acceptors (Lipinski definition) is 6. The summed E-state index contributed by atoms with van der Waals surface area (Å²) in [4.78, 5) is 24.3. The van der Waals surface area contributed by atoms with Gasteiger partial charge in [0.25, 0.3) is 15.9 Å². The van der Waals surface area contributed by atoms with Gasteiger partial charge >= 0.3 is 5.97 Å². The minimum atomic E-state index is -4.08. The van der Waals surface area contributed by atoms with E-state index in [0.717, 1.165) is 9.87 Å². The molecule has 0 radical (unpaired) electrons. The Balaban J connectivity index is 1.83. The maximum Gasteiger partial charge on any atom is 0.337 e. The van der Waals surface area contributed by atoms with Crippen LogP contribution in [0.1, 0.15) is 27.0 Å². The number of hydrazone groups is 1. The number of hydrogen-bond donors (Lipinski definition) is 1. The lowest BCUT2D eigenvalue weighted by Crippen LogP contribution is -2.40. The first-order valence-corrected chi connectivity index (χ1v) is 12.3. The summed E-state index contributed by atoms with van der Waals surface area (Å²) in [5.74, 6) is -1.12. The lowest BCUT2D eigenvalue weighted by molar-refractivity contribution is -0.119. The second-order valence-corrected chi connectivity index (χ2v) is 9.88. The van der Waals surface area contributed by atoms with Gasteiger partial charge in [0, 0.05) is 5.02 Å². The van der Waals surface area contributed by atoms with Gasteiger partial charge in [-0.2, -0.15) is 5.10 Å². The molecular formula is C25H24ClN3O5S. The van der Waals surface area contributed by atoms with Gasteiger partial charge in [0.1, 0.15) is 6.54 Å². The smallest absolute Gasteiger partial charge is 0.337 e. The van der Waals surface area contributed by atoms with Crippen molar-refractivity contribution in [2.45, 2.75) is 18.7 Å². The highest BCUT2D eigenvalue weighted by molar-refractivity contribution is 7.92. The van der Waals surface area contributed by atoms with Crippen molar-refractivity contribution in [2.75, 3.05) is 18.0 Å². The summed E-state index contributed by atoms with van der Waals surface area (Å²) >= 11 is 6.23. The largest absolute Gasteiger partial charge is 0.465 e. The predicted octanol–water partition coefficient (Wildman–Crippen LogP) is 4.09. The molecule has 3 rings (SSSR count).